The van der Waals surface area contributed by atoms with Gasteiger partial charge in [-0.3, -0.25) is 4.79 Å². The molecule has 6 nitrogen and oxygen atoms in total. The molecule has 1 atom stereocenters. The van der Waals surface area contributed by atoms with Crippen molar-refractivity contribution in [3.05, 3.63) is 82.8 Å². The van der Waals surface area contributed by atoms with E-state index in [1.54, 1.807) is 29.3 Å². The summed E-state index contributed by atoms with van der Waals surface area (Å²) in [6.07, 6.45) is 5.19. The second-order valence-electron chi connectivity index (χ2n) is 7.24. The van der Waals surface area contributed by atoms with E-state index in [1.807, 2.05) is 25.1 Å². The topological polar surface area (TPSA) is 63.4 Å². The zero-order valence-electron chi connectivity index (χ0n) is 16.1. The zero-order chi connectivity index (χ0) is 20.8. The van der Waals surface area contributed by atoms with Crippen LogP contribution < -0.4 is 0 Å². The summed E-state index contributed by atoms with van der Waals surface area (Å²) in [7, 11) is 0. The van der Waals surface area contributed by atoms with E-state index in [0.29, 0.717) is 34.9 Å². The summed E-state index contributed by atoms with van der Waals surface area (Å²) >= 11 is 5.96. The standard InChI is InChI=1S/C22H17ClFN5O/c1-13-15-4-2-5-16(18-6-3-8-25-21(18)24)17(15)7-9-28(13)22(30)19-10-20-26-11-14(23)12-29(20)27-19/h2-6,8,10-13H,7,9H2,1H3. The molecule has 0 N–H and O–H groups in total. The van der Waals surface area contributed by atoms with E-state index >= 15 is 0 Å². The monoisotopic (exact) mass is 421 g/mol. The van der Waals surface area contributed by atoms with E-state index in [1.165, 1.54) is 16.9 Å². The molecular formula is C22H17ClFN5O. The number of rotatable bonds is 2. The predicted octanol–water partition coefficient (Wildman–Crippen LogP) is 4.34. The molecule has 5 rings (SSSR count). The number of benzene rings is 1. The maximum absolute atomic E-state index is 14.3. The summed E-state index contributed by atoms with van der Waals surface area (Å²) in [5.74, 6) is -0.666. The van der Waals surface area contributed by atoms with E-state index in [2.05, 4.69) is 15.1 Å². The van der Waals surface area contributed by atoms with Gasteiger partial charge in [-0.25, -0.2) is 14.5 Å². The number of pyridine rings is 1. The lowest BCUT2D eigenvalue weighted by Crippen LogP contribution is -2.39. The minimum absolute atomic E-state index is 0.173. The van der Waals surface area contributed by atoms with Crippen LogP contribution in [0.3, 0.4) is 0 Å². The molecule has 1 aliphatic heterocycles. The molecule has 0 spiro atoms. The number of carbonyl (C=O) groups is 1. The first-order valence-corrected chi connectivity index (χ1v) is 9.95. The van der Waals surface area contributed by atoms with Gasteiger partial charge < -0.3 is 4.90 Å². The molecule has 150 valence electrons. The van der Waals surface area contributed by atoms with Crippen LogP contribution in [-0.2, 0) is 6.42 Å². The first kappa shape index (κ1) is 18.7. The quantitative estimate of drug-likeness (QED) is 0.451. The zero-order valence-corrected chi connectivity index (χ0v) is 16.8. The summed E-state index contributed by atoms with van der Waals surface area (Å²) in [4.78, 5) is 23.0. The van der Waals surface area contributed by atoms with Gasteiger partial charge in [-0.2, -0.15) is 9.49 Å². The molecule has 1 unspecified atom stereocenters. The van der Waals surface area contributed by atoms with Crippen molar-refractivity contribution in [2.75, 3.05) is 6.54 Å². The highest BCUT2D eigenvalue weighted by Gasteiger charge is 2.31. The molecule has 1 aliphatic rings. The van der Waals surface area contributed by atoms with Gasteiger partial charge in [-0.1, -0.05) is 29.8 Å². The summed E-state index contributed by atoms with van der Waals surface area (Å²) in [5.41, 5.74) is 4.22. The third kappa shape index (κ3) is 3.02. The fraction of sp³-hybridized carbons (Fsp3) is 0.182. The van der Waals surface area contributed by atoms with Crippen LogP contribution in [0.1, 0.15) is 34.6 Å². The first-order chi connectivity index (χ1) is 14.5. The lowest BCUT2D eigenvalue weighted by Gasteiger charge is -2.36. The van der Waals surface area contributed by atoms with E-state index in [-0.39, 0.29) is 11.9 Å². The predicted molar refractivity (Wildman–Crippen MR) is 111 cm³/mol. The van der Waals surface area contributed by atoms with Gasteiger partial charge in [0.2, 0.25) is 5.95 Å². The van der Waals surface area contributed by atoms with Crippen LogP contribution in [0.25, 0.3) is 16.8 Å². The molecular weight excluding hydrogens is 405 g/mol. The van der Waals surface area contributed by atoms with Crippen LogP contribution in [0.15, 0.2) is 55.0 Å². The largest absolute Gasteiger partial charge is 0.330 e. The Morgan fingerprint density at radius 3 is 2.87 bits per heavy atom. The number of hydrogen-bond acceptors (Lipinski definition) is 4. The number of nitrogens with zero attached hydrogens (tertiary/aromatic N) is 5. The number of carbonyl (C=O) groups excluding carboxylic acids is 1. The summed E-state index contributed by atoms with van der Waals surface area (Å²) in [6, 6.07) is 10.7. The second kappa shape index (κ2) is 7.18. The molecule has 1 amide bonds. The minimum atomic E-state index is -0.493. The molecule has 0 aliphatic carbocycles. The molecule has 4 aromatic rings. The molecule has 3 aromatic heterocycles. The Kier molecular flexibility index (Phi) is 4.47. The van der Waals surface area contributed by atoms with Crippen molar-refractivity contribution >= 4 is 23.2 Å². The molecule has 1 aromatic carbocycles. The molecule has 8 heteroatoms. The number of hydrogen-bond donors (Lipinski definition) is 0. The Morgan fingerprint density at radius 2 is 2.03 bits per heavy atom. The Balaban J connectivity index is 1.50. The smallest absolute Gasteiger partial charge is 0.274 e. The number of fused-ring (bicyclic) bond motifs is 2. The molecule has 0 bridgehead atoms. The lowest BCUT2D eigenvalue weighted by molar-refractivity contribution is 0.0671. The number of halogens is 2. The third-order valence-electron chi connectivity index (χ3n) is 5.54. The average molecular weight is 422 g/mol. The van der Waals surface area contributed by atoms with Crippen molar-refractivity contribution in [3.63, 3.8) is 0 Å². The van der Waals surface area contributed by atoms with Crippen LogP contribution in [0.4, 0.5) is 4.39 Å². The number of aromatic nitrogens is 4. The van der Waals surface area contributed by atoms with Crippen molar-refractivity contribution in [2.24, 2.45) is 0 Å². The first-order valence-electron chi connectivity index (χ1n) is 9.57. The van der Waals surface area contributed by atoms with Crippen LogP contribution in [0.5, 0.6) is 0 Å². The normalized spacial score (nSPS) is 16.0. The van der Waals surface area contributed by atoms with Gasteiger partial charge in [0.25, 0.3) is 5.91 Å². The van der Waals surface area contributed by atoms with E-state index in [9.17, 15) is 9.18 Å². The van der Waals surface area contributed by atoms with Crippen molar-refractivity contribution in [3.8, 4) is 11.1 Å². The van der Waals surface area contributed by atoms with E-state index in [4.69, 9.17) is 11.6 Å². The Bertz CT molecular complexity index is 1290. The van der Waals surface area contributed by atoms with Gasteiger partial charge in [0.1, 0.15) is 0 Å². The lowest BCUT2D eigenvalue weighted by atomic mass is 9.87. The fourth-order valence-corrected chi connectivity index (χ4v) is 4.23. The van der Waals surface area contributed by atoms with Gasteiger partial charge in [0.05, 0.1) is 17.3 Å². The second-order valence-corrected chi connectivity index (χ2v) is 7.68. The van der Waals surface area contributed by atoms with Gasteiger partial charge in [-0.15, -0.1) is 0 Å². The van der Waals surface area contributed by atoms with Crippen molar-refractivity contribution in [1.82, 2.24) is 24.5 Å². The molecule has 4 heterocycles. The third-order valence-corrected chi connectivity index (χ3v) is 5.74. The molecule has 0 saturated carbocycles. The van der Waals surface area contributed by atoms with Gasteiger partial charge in [0, 0.05) is 30.6 Å². The highest BCUT2D eigenvalue weighted by molar-refractivity contribution is 6.30. The summed E-state index contributed by atoms with van der Waals surface area (Å²) in [6.45, 7) is 2.48. The van der Waals surface area contributed by atoms with Gasteiger partial charge in [-0.05, 0) is 42.2 Å². The average Bonchev–Trinajstić information content (AvgIpc) is 3.17. The Morgan fingerprint density at radius 1 is 1.20 bits per heavy atom. The van der Waals surface area contributed by atoms with Gasteiger partial charge >= 0.3 is 0 Å². The molecule has 30 heavy (non-hydrogen) atoms. The highest BCUT2D eigenvalue weighted by atomic mass is 35.5. The Labute approximate surface area is 177 Å². The van der Waals surface area contributed by atoms with Crippen molar-refractivity contribution < 1.29 is 9.18 Å². The molecule has 0 radical (unpaired) electrons. The highest BCUT2D eigenvalue weighted by Crippen LogP contribution is 2.36. The van der Waals surface area contributed by atoms with Crippen molar-refractivity contribution in [1.29, 1.82) is 0 Å². The molecule has 0 saturated heterocycles. The van der Waals surface area contributed by atoms with Crippen LogP contribution in [0.2, 0.25) is 5.02 Å². The fourth-order valence-electron chi connectivity index (χ4n) is 4.09. The van der Waals surface area contributed by atoms with E-state index < -0.39 is 5.95 Å². The van der Waals surface area contributed by atoms with Crippen LogP contribution >= 0.6 is 11.6 Å². The maximum atomic E-state index is 14.3. The molecule has 0 fully saturated rings. The minimum Gasteiger partial charge on any atom is -0.330 e. The van der Waals surface area contributed by atoms with Gasteiger partial charge in [0.15, 0.2) is 11.3 Å². The number of amides is 1. The maximum Gasteiger partial charge on any atom is 0.274 e. The summed E-state index contributed by atoms with van der Waals surface area (Å²) in [5, 5.41) is 4.78. The van der Waals surface area contributed by atoms with E-state index in [0.717, 1.165) is 16.7 Å². The van der Waals surface area contributed by atoms with Crippen molar-refractivity contribution in [2.45, 2.75) is 19.4 Å². The SMILES string of the molecule is CC1c2cccc(-c3cccnc3F)c2CCN1C(=O)c1cc2ncc(Cl)cn2n1. The van der Waals surface area contributed by atoms with Crippen LogP contribution in [-0.4, -0.2) is 36.9 Å². The summed E-state index contributed by atoms with van der Waals surface area (Å²) < 4.78 is 15.8. The Hall–Kier alpha value is -3.32. The van der Waals surface area contributed by atoms with Crippen LogP contribution in [0, 0.1) is 5.95 Å².